The lowest BCUT2D eigenvalue weighted by Gasteiger charge is -2.22. The second-order valence-corrected chi connectivity index (χ2v) is 8.12. The van der Waals surface area contributed by atoms with Gasteiger partial charge < -0.3 is 21.1 Å². The number of alkyl carbamates (subject to hydrolysis) is 1. The number of benzene rings is 2. The molecule has 32 heavy (non-hydrogen) atoms. The molecule has 0 spiro atoms. The molecule has 2 amide bonds. The van der Waals surface area contributed by atoms with Crippen molar-refractivity contribution in [2.45, 2.75) is 51.2 Å². The Balaban J connectivity index is 1.22. The van der Waals surface area contributed by atoms with Crippen LogP contribution in [0.1, 0.15) is 48.8 Å². The number of fused-ring (bicyclic) bond motifs is 1. The lowest BCUT2D eigenvalue weighted by Crippen LogP contribution is -2.27. The molecule has 4 N–H and O–H groups in total. The van der Waals surface area contributed by atoms with Crippen LogP contribution in [0.15, 0.2) is 60.7 Å². The maximum absolute atomic E-state index is 12.1. The number of nitrogens with two attached hydrogens (primary N) is 1. The van der Waals surface area contributed by atoms with Gasteiger partial charge in [-0.1, -0.05) is 67.1 Å². The Bertz CT molecular complexity index is 912. The van der Waals surface area contributed by atoms with Gasteiger partial charge >= 0.3 is 6.09 Å². The van der Waals surface area contributed by atoms with E-state index in [0.717, 1.165) is 37.7 Å². The Morgan fingerprint density at radius 3 is 2.56 bits per heavy atom. The van der Waals surface area contributed by atoms with E-state index in [1.807, 2.05) is 42.5 Å². The third kappa shape index (κ3) is 7.85. The highest BCUT2D eigenvalue weighted by atomic mass is 16.5. The van der Waals surface area contributed by atoms with Gasteiger partial charge in [0.15, 0.2) is 0 Å². The summed E-state index contributed by atoms with van der Waals surface area (Å²) in [4.78, 5) is 23.8. The van der Waals surface area contributed by atoms with Crippen LogP contribution in [0.2, 0.25) is 0 Å². The number of hydrogen-bond acceptors (Lipinski definition) is 4. The summed E-state index contributed by atoms with van der Waals surface area (Å²) in [5.41, 5.74) is 10.8. The Kier molecular flexibility index (Phi) is 9.32. The van der Waals surface area contributed by atoms with E-state index in [2.05, 4.69) is 28.8 Å². The number of amides is 2. The fourth-order valence-electron chi connectivity index (χ4n) is 3.87. The van der Waals surface area contributed by atoms with Gasteiger partial charge in [0.25, 0.3) is 0 Å². The molecule has 6 nitrogen and oxygen atoms in total. The first-order valence-corrected chi connectivity index (χ1v) is 11.4. The molecule has 0 heterocycles. The van der Waals surface area contributed by atoms with E-state index in [4.69, 9.17) is 10.5 Å². The molecule has 0 aromatic heterocycles. The van der Waals surface area contributed by atoms with Crippen molar-refractivity contribution in [1.29, 1.82) is 0 Å². The molecule has 1 aliphatic rings. The number of ether oxygens (including phenoxy) is 1. The summed E-state index contributed by atoms with van der Waals surface area (Å²) in [6.45, 7) is 1.42. The van der Waals surface area contributed by atoms with E-state index >= 15 is 0 Å². The highest BCUT2D eigenvalue weighted by Gasteiger charge is 2.16. The molecule has 1 atom stereocenters. The summed E-state index contributed by atoms with van der Waals surface area (Å²) in [5, 5.41) is 5.75. The van der Waals surface area contributed by atoms with Gasteiger partial charge in [-0.3, -0.25) is 4.79 Å². The molecule has 6 heteroatoms. The van der Waals surface area contributed by atoms with E-state index in [0.29, 0.717) is 19.5 Å². The van der Waals surface area contributed by atoms with Crippen LogP contribution < -0.4 is 16.4 Å². The highest BCUT2D eigenvalue weighted by Crippen LogP contribution is 2.27. The van der Waals surface area contributed by atoms with Crippen LogP contribution in [0.4, 0.5) is 4.79 Å². The van der Waals surface area contributed by atoms with Gasteiger partial charge in [-0.2, -0.15) is 0 Å². The van der Waals surface area contributed by atoms with Crippen molar-refractivity contribution >= 4 is 17.6 Å². The predicted molar refractivity (Wildman–Crippen MR) is 127 cm³/mol. The Hall–Kier alpha value is -3.12. The van der Waals surface area contributed by atoms with E-state index in [-0.39, 0.29) is 18.6 Å². The first-order valence-electron chi connectivity index (χ1n) is 11.4. The molecular formula is C26H33N3O3. The number of hydrogen-bond donors (Lipinski definition) is 3. The fraction of sp³-hybridized carbons (Fsp3) is 0.385. The molecule has 2 aromatic carbocycles. The molecule has 3 rings (SSSR count). The molecule has 0 saturated heterocycles. The maximum atomic E-state index is 12.1. The van der Waals surface area contributed by atoms with Gasteiger partial charge in [0.1, 0.15) is 6.61 Å². The normalized spacial score (nSPS) is 14.8. The minimum absolute atomic E-state index is 0.0415. The lowest BCUT2D eigenvalue weighted by atomic mass is 9.87. The zero-order valence-electron chi connectivity index (χ0n) is 18.5. The Morgan fingerprint density at radius 2 is 1.72 bits per heavy atom. The molecule has 0 fully saturated rings. The smallest absolute Gasteiger partial charge is 0.407 e. The number of nitrogens with one attached hydrogen (secondary N) is 2. The SMILES string of the molecule is NC1C=C(CCNC(=O)CCCCCNC(=O)OCc2ccccc2)c2ccccc2C1. The summed E-state index contributed by atoms with van der Waals surface area (Å²) in [6, 6.07) is 17.9. The van der Waals surface area contributed by atoms with Gasteiger partial charge in [0.2, 0.25) is 5.91 Å². The van der Waals surface area contributed by atoms with Crippen LogP contribution in [0.3, 0.4) is 0 Å². The van der Waals surface area contributed by atoms with E-state index < -0.39 is 6.09 Å². The average Bonchev–Trinajstić information content (AvgIpc) is 2.80. The van der Waals surface area contributed by atoms with Crippen LogP contribution in [-0.2, 0) is 22.6 Å². The summed E-state index contributed by atoms with van der Waals surface area (Å²) in [6.07, 6.45) is 6.33. The average molecular weight is 436 g/mol. The van der Waals surface area contributed by atoms with Crippen molar-refractivity contribution < 1.29 is 14.3 Å². The van der Waals surface area contributed by atoms with E-state index in [1.165, 1.54) is 16.7 Å². The predicted octanol–water partition coefficient (Wildman–Crippen LogP) is 3.95. The van der Waals surface area contributed by atoms with Crippen molar-refractivity contribution in [3.05, 3.63) is 77.4 Å². The number of unbranched alkanes of at least 4 members (excludes halogenated alkanes) is 2. The number of carbonyl (C=O) groups is 2. The first kappa shape index (κ1) is 23.5. The van der Waals surface area contributed by atoms with Crippen molar-refractivity contribution in [2.24, 2.45) is 5.73 Å². The maximum Gasteiger partial charge on any atom is 0.407 e. The second-order valence-electron chi connectivity index (χ2n) is 8.12. The van der Waals surface area contributed by atoms with Gasteiger partial charge in [-0.15, -0.1) is 0 Å². The first-order chi connectivity index (χ1) is 15.6. The molecule has 0 radical (unpaired) electrons. The van der Waals surface area contributed by atoms with E-state index in [1.54, 1.807) is 0 Å². The third-order valence-electron chi connectivity index (χ3n) is 5.51. The van der Waals surface area contributed by atoms with Crippen molar-refractivity contribution in [2.75, 3.05) is 13.1 Å². The molecule has 1 unspecified atom stereocenters. The minimum atomic E-state index is -0.412. The monoisotopic (exact) mass is 435 g/mol. The summed E-state index contributed by atoms with van der Waals surface area (Å²) >= 11 is 0. The largest absolute Gasteiger partial charge is 0.445 e. The van der Waals surface area contributed by atoms with Crippen molar-refractivity contribution in [3.8, 4) is 0 Å². The summed E-state index contributed by atoms with van der Waals surface area (Å²) < 4.78 is 5.17. The fourth-order valence-corrected chi connectivity index (χ4v) is 3.87. The molecule has 170 valence electrons. The van der Waals surface area contributed by atoms with Gasteiger partial charge in [-0.25, -0.2) is 4.79 Å². The van der Waals surface area contributed by atoms with Crippen molar-refractivity contribution in [3.63, 3.8) is 0 Å². The Morgan fingerprint density at radius 1 is 0.938 bits per heavy atom. The standard InChI is InChI=1S/C26H33N3O3/c27-23-17-21-11-6-7-12-24(21)22(18-23)14-16-28-25(30)13-5-2-8-15-29-26(31)32-19-20-9-3-1-4-10-20/h1,3-4,6-7,9-12,18,23H,2,5,8,13-17,19,27H2,(H,28,30)(H,29,31). The van der Waals surface area contributed by atoms with Crippen LogP contribution in [0.5, 0.6) is 0 Å². The number of rotatable bonds is 11. The van der Waals surface area contributed by atoms with Crippen molar-refractivity contribution in [1.82, 2.24) is 10.6 Å². The quantitative estimate of drug-likeness (QED) is 0.466. The minimum Gasteiger partial charge on any atom is -0.445 e. The summed E-state index contributed by atoms with van der Waals surface area (Å²) in [7, 11) is 0. The third-order valence-corrected chi connectivity index (χ3v) is 5.51. The van der Waals surface area contributed by atoms with Crippen LogP contribution in [0.25, 0.3) is 5.57 Å². The van der Waals surface area contributed by atoms with Gasteiger partial charge in [-0.05, 0) is 47.9 Å². The van der Waals surface area contributed by atoms with Crippen LogP contribution >= 0.6 is 0 Å². The Labute approximate surface area is 190 Å². The molecule has 0 aliphatic heterocycles. The molecule has 1 aliphatic carbocycles. The summed E-state index contributed by atoms with van der Waals surface area (Å²) in [5.74, 6) is 0.0641. The lowest BCUT2D eigenvalue weighted by molar-refractivity contribution is -0.121. The number of carbonyl (C=O) groups excluding carboxylic acids is 2. The second kappa shape index (κ2) is 12.7. The van der Waals surface area contributed by atoms with Gasteiger partial charge in [0.05, 0.1) is 0 Å². The molecule has 2 aromatic rings. The van der Waals surface area contributed by atoms with Crippen LogP contribution in [-0.4, -0.2) is 31.1 Å². The molecule has 0 saturated carbocycles. The highest BCUT2D eigenvalue weighted by molar-refractivity contribution is 5.76. The zero-order valence-corrected chi connectivity index (χ0v) is 18.5. The topological polar surface area (TPSA) is 93.5 Å². The van der Waals surface area contributed by atoms with Gasteiger partial charge in [0, 0.05) is 25.6 Å². The van der Waals surface area contributed by atoms with Crippen LogP contribution in [0, 0.1) is 0 Å². The molecule has 0 bridgehead atoms. The zero-order chi connectivity index (χ0) is 22.6. The molecular weight excluding hydrogens is 402 g/mol. The van der Waals surface area contributed by atoms with E-state index in [9.17, 15) is 9.59 Å².